The lowest BCUT2D eigenvalue weighted by Gasteiger charge is -2.45. The molecule has 0 aliphatic carbocycles. The Hall–Kier alpha value is -2.55. The van der Waals surface area contributed by atoms with Gasteiger partial charge in [-0.05, 0) is 38.5 Å². The zero-order chi connectivity index (χ0) is 21.8. The summed E-state index contributed by atoms with van der Waals surface area (Å²) >= 11 is 0. The van der Waals surface area contributed by atoms with Crippen molar-refractivity contribution in [2.75, 3.05) is 42.6 Å². The van der Waals surface area contributed by atoms with Crippen LogP contribution in [0.25, 0.3) is 0 Å². The molecule has 2 heterocycles. The number of carbonyl (C=O) groups excluding carboxylic acids is 2. The number of halogens is 1. The molecule has 3 rings (SSSR count). The van der Waals surface area contributed by atoms with Crippen molar-refractivity contribution in [3.05, 3.63) is 24.0 Å². The van der Waals surface area contributed by atoms with Gasteiger partial charge in [0.1, 0.15) is 11.9 Å². The summed E-state index contributed by atoms with van der Waals surface area (Å²) in [6, 6.07) is 4.55. The Labute approximate surface area is 176 Å². The van der Waals surface area contributed by atoms with Gasteiger partial charge in [-0.1, -0.05) is 13.3 Å². The minimum absolute atomic E-state index is 0.0915. The second-order valence-corrected chi connectivity index (χ2v) is 7.97. The highest BCUT2D eigenvalue weighted by atomic mass is 19.1. The lowest BCUT2D eigenvalue weighted by molar-refractivity contribution is 0.0890. The molecule has 8 nitrogen and oxygen atoms in total. The molecule has 2 saturated heterocycles. The lowest BCUT2D eigenvalue weighted by Crippen LogP contribution is -2.58. The van der Waals surface area contributed by atoms with Crippen molar-refractivity contribution in [1.29, 1.82) is 0 Å². The van der Waals surface area contributed by atoms with E-state index in [-0.39, 0.29) is 30.8 Å². The van der Waals surface area contributed by atoms with Gasteiger partial charge < -0.3 is 25.0 Å². The molecule has 1 aromatic rings. The zero-order valence-electron chi connectivity index (χ0n) is 17.8. The van der Waals surface area contributed by atoms with Gasteiger partial charge in [-0.2, -0.15) is 0 Å². The molecule has 0 aromatic heterocycles. The van der Waals surface area contributed by atoms with Gasteiger partial charge in [0, 0.05) is 31.7 Å². The average Bonchev–Trinajstić information content (AvgIpc) is 3.09. The number of nitrogens with zero attached hydrogens (tertiary/aromatic N) is 3. The minimum atomic E-state index is -0.519. The number of carbonyl (C=O) groups is 2. The summed E-state index contributed by atoms with van der Waals surface area (Å²) in [6.07, 6.45) is 0.579. The summed E-state index contributed by atoms with van der Waals surface area (Å²) in [7, 11) is 0. The topological polar surface area (TPSA) is 88.3 Å². The average molecular weight is 423 g/mol. The predicted molar refractivity (Wildman–Crippen MR) is 112 cm³/mol. The minimum Gasteiger partial charge on any atom is -0.449 e. The van der Waals surface area contributed by atoms with Crippen molar-refractivity contribution in [3.63, 3.8) is 0 Å². The Morgan fingerprint density at radius 3 is 2.53 bits per heavy atom. The largest absolute Gasteiger partial charge is 0.449 e. The van der Waals surface area contributed by atoms with E-state index in [4.69, 9.17) is 15.2 Å². The summed E-state index contributed by atoms with van der Waals surface area (Å²) in [5.41, 5.74) is 6.45. The first-order valence-electron chi connectivity index (χ1n) is 10.5. The smallest absolute Gasteiger partial charge is 0.414 e. The molecule has 2 aliphatic rings. The fourth-order valence-corrected chi connectivity index (χ4v) is 4.07. The van der Waals surface area contributed by atoms with Crippen molar-refractivity contribution < 1.29 is 23.5 Å². The fraction of sp³-hybridized carbons (Fsp3) is 0.619. The summed E-state index contributed by atoms with van der Waals surface area (Å²) in [5.74, 6) is -0.422. The number of ether oxygens (including phenoxy) is 2. The number of nitrogens with two attached hydrogens (primary N) is 1. The maximum Gasteiger partial charge on any atom is 0.414 e. The highest BCUT2D eigenvalue weighted by molar-refractivity contribution is 5.90. The van der Waals surface area contributed by atoms with Crippen LogP contribution >= 0.6 is 0 Å². The molecule has 2 aliphatic heterocycles. The maximum absolute atomic E-state index is 15.1. The molecule has 9 heteroatoms. The van der Waals surface area contributed by atoms with Gasteiger partial charge in [-0.25, -0.2) is 14.0 Å². The van der Waals surface area contributed by atoms with E-state index in [1.807, 2.05) is 25.7 Å². The summed E-state index contributed by atoms with van der Waals surface area (Å²) in [4.78, 5) is 29.4. The SMILES string of the molecule is CCCCOC(=O)N1CC(C)N(c2ccc(N3CC(CN)OC3=O)cc2F)C(C)C1. The maximum atomic E-state index is 15.1. The van der Waals surface area contributed by atoms with Crippen LogP contribution in [0.2, 0.25) is 0 Å². The van der Waals surface area contributed by atoms with Crippen LogP contribution in [0.5, 0.6) is 0 Å². The second kappa shape index (κ2) is 9.51. The third-order valence-corrected chi connectivity index (χ3v) is 5.56. The van der Waals surface area contributed by atoms with Gasteiger partial charge in [-0.15, -0.1) is 0 Å². The Morgan fingerprint density at radius 2 is 1.97 bits per heavy atom. The van der Waals surface area contributed by atoms with E-state index in [0.29, 0.717) is 37.6 Å². The molecular weight excluding hydrogens is 391 g/mol. The van der Waals surface area contributed by atoms with Crippen LogP contribution in [0.1, 0.15) is 33.6 Å². The summed E-state index contributed by atoms with van der Waals surface area (Å²) < 4.78 is 25.5. The Bertz CT molecular complexity index is 765. The van der Waals surface area contributed by atoms with Crippen molar-refractivity contribution >= 4 is 23.6 Å². The molecule has 0 radical (unpaired) electrons. The highest BCUT2D eigenvalue weighted by Crippen LogP contribution is 2.31. The highest BCUT2D eigenvalue weighted by Gasteiger charge is 2.35. The fourth-order valence-electron chi connectivity index (χ4n) is 4.07. The number of amides is 2. The Balaban J connectivity index is 1.70. The van der Waals surface area contributed by atoms with Crippen LogP contribution in [-0.4, -0.2) is 68.1 Å². The number of unbranched alkanes of at least 4 members (excludes halogenated alkanes) is 1. The van der Waals surface area contributed by atoms with Crippen molar-refractivity contribution in [2.45, 2.75) is 51.8 Å². The molecule has 2 fully saturated rings. The van der Waals surface area contributed by atoms with E-state index in [9.17, 15) is 9.59 Å². The van der Waals surface area contributed by atoms with Crippen LogP contribution < -0.4 is 15.5 Å². The lowest BCUT2D eigenvalue weighted by atomic mass is 10.1. The number of hydrogen-bond donors (Lipinski definition) is 1. The van der Waals surface area contributed by atoms with Crippen LogP contribution in [0.15, 0.2) is 18.2 Å². The molecule has 1 aromatic carbocycles. The molecule has 3 unspecified atom stereocenters. The molecule has 2 amide bonds. The first-order valence-corrected chi connectivity index (χ1v) is 10.5. The van der Waals surface area contributed by atoms with Gasteiger partial charge in [0.05, 0.1) is 24.5 Å². The number of hydrogen-bond acceptors (Lipinski definition) is 6. The third kappa shape index (κ3) is 4.61. The molecule has 3 atom stereocenters. The van der Waals surface area contributed by atoms with E-state index in [0.717, 1.165) is 12.8 Å². The molecule has 0 bridgehead atoms. The van der Waals surface area contributed by atoms with Crippen LogP contribution in [0.4, 0.5) is 25.4 Å². The van der Waals surface area contributed by atoms with E-state index in [1.54, 1.807) is 17.0 Å². The summed E-state index contributed by atoms with van der Waals surface area (Å²) in [6.45, 7) is 7.80. The number of benzene rings is 1. The standard InChI is InChI=1S/C21H31FN4O4/c1-4-5-8-29-20(27)24-11-14(2)26(15(3)12-24)19-7-6-16(9-18(19)22)25-13-17(10-23)30-21(25)28/h6-7,9,14-15,17H,4-5,8,10-13,23H2,1-3H3. The molecule has 0 spiro atoms. The van der Waals surface area contributed by atoms with Gasteiger partial charge in [-0.3, -0.25) is 4.90 Å². The Kier molecular flexibility index (Phi) is 7.02. The van der Waals surface area contributed by atoms with Crippen LogP contribution in [-0.2, 0) is 9.47 Å². The number of rotatable bonds is 6. The van der Waals surface area contributed by atoms with Gasteiger partial charge in [0.15, 0.2) is 0 Å². The van der Waals surface area contributed by atoms with Gasteiger partial charge in [0.2, 0.25) is 0 Å². The van der Waals surface area contributed by atoms with Crippen LogP contribution in [0, 0.1) is 5.82 Å². The summed E-state index contributed by atoms with van der Waals surface area (Å²) in [5, 5.41) is 0. The number of anilines is 2. The normalized spacial score (nSPS) is 24.2. The number of cyclic esters (lactones) is 1. The van der Waals surface area contributed by atoms with Crippen molar-refractivity contribution in [3.8, 4) is 0 Å². The van der Waals surface area contributed by atoms with Gasteiger partial charge in [0.25, 0.3) is 0 Å². The quantitative estimate of drug-likeness (QED) is 0.709. The zero-order valence-corrected chi connectivity index (χ0v) is 17.8. The number of piperazine rings is 1. The monoisotopic (exact) mass is 422 g/mol. The first kappa shape index (κ1) is 22.1. The van der Waals surface area contributed by atoms with E-state index in [2.05, 4.69) is 0 Å². The van der Waals surface area contributed by atoms with E-state index >= 15 is 4.39 Å². The van der Waals surface area contributed by atoms with E-state index < -0.39 is 11.9 Å². The molecule has 166 valence electrons. The van der Waals surface area contributed by atoms with Gasteiger partial charge >= 0.3 is 12.2 Å². The molecule has 2 N–H and O–H groups in total. The first-order chi connectivity index (χ1) is 14.3. The third-order valence-electron chi connectivity index (χ3n) is 5.56. The van der Waals surface area contributed by atoms with Crippen LogP contribution in [0.3, 0.4) is 0 Å². The molecular formula is C21H31FN4O4. The van der Waals surface area contributed by atoms with Crippen molar-refractivity contribution in [1.82, 2.24) is 4.90 Å². The van der Waals surface area contributed by atoms with Crippen molar-refractivity contribution in [2.24, 2.45) is 5.73 Å². The van der Waals surface area contributed by atoms with E-state index in [1.165, 1.54) is 11.0 Å². The predicted octanol–water partition coefficient (Wildman–Crippen LogP) is 2.95. The molecule has 30 heavy (non-hydrogen) atoms. The second-order valence-electron chi connectivity index (χ2n) is 7.97. The molecule has 0 saturated carbocycles. The Morgan fingerprint density at radius 1 is 1.27 bits per heavy atom.